The van der Waals surface area contributed by atoms with E-state index >= 15 is 0 Å². The van der Waals surface area contributed by atoms with Crippen LogP contribution in [0, 0.1) is 0 Å². The van der Waals surface area contributed by atoms with Gasteiger partial charge in [0, 0.05) is 11.0 Å². The van der Waals surface area contributed by atoms with Crippen molar-refractivity contribution in [1.29, 1.82) is 0 Å². The maximum absolute atomic E-state index is 12.4. The molecule has 3 N–H and O–H groups in total. The van der Waals surface area contributed by atoms with Crippen LogP contribution in [0.4, 0.5) is 4.79 Å². The summed E-state index contributed by atoms with van der Waals surface area (Å²) in [5, 5.41) is 2.69. The van der Waals surface area contributed by atoms with Crippen LogP contribution in [-0.4, -0.2) is 23.2 Å². The molecule has 1 aromatic heterocycles. The number of rotatable bonds is 5. The van der Waals surface area contributed by atoms with Crippen molar-refractivity contribution in [1.82, 2.24) is 10.4 Å². The van der Waals surface area contributed by atoms with Crippen molar-refractivity contribution in [3.63, 3.8) is 0 Å². The molecule has 2 rings (SSSR count). The molecule has 1 heterocycles. The highest BCUT2D eigenvalue weighted by molar-refractivity contribution is 7.10. The third-order valence-corrected chi connectivity index (χ3v) is 3.87. The van der Waals surface area contributed by atoms with Crippen LogP contribution >= 0.6 is 11.3 Å². The van der Waals surface area contributed by atoms with Crippen molar-refractivity contribution in [3.05, 3.63) is 64.4 Å². The quantitative estimate of drug-likeness (QED) is 0.500. The number of nitrogens with zero attached hydrogens (tertiary/aromatic N) is 1. The fourth-order valence-electron chi connectivity index (χ4n) is 1.91. The highest BCUT2D eigenvalue weighted by Crippen LogP contribution is 2.22. The topological polar surface area (TPSA) is 92.5 Å². The average Bonchev–Trinajstić information content (AvgIpc) is 3.07. The van der Waals surface area contributed by atoms with Gasteiger partial charge in [-0.15, -0.1) is 11.3 Å². The fraction of sp³-hybridized carbons (Fsp3) is 0.0625. The summed E-state index contributed by atoms with van der Waals surface area (Å²) in [6.07, 6.45) is 3.44. The number of hydrazine groups is 1. The smallest absolute Gasteiger partial charge is 0.331 e. The summed E-state index contributed by atoms with van der Waals surface area (Å²) in [5.74, 6) is -0.557. The molecule has 0 saturated heterocycles. The molecule has 0 fully saturated rings. The zero-order chi connectivity index (χ0) is 16.7. The Morgan fingerprint density at radius 1 is 1.17 bits per heavy atom. The summed E-state index contributed by atoms with van der Waals surface area (Å²) >= 11 is 1.30. The van der Waals surface area contributed by atoms with E-state index in [9.17, 15) is 14.4 Å². The molecule has 0 saturated carbocycles. The van der Waals surface area contributed by atoms with Gasteiger partial charge in [-0.25, -0.2) is 15.2 Å². The summed E-state index contributed by atoms with van der Waals surface area (Å²) in [6.45, 7) is 0. The molecule has 0 bridgehead atoms. The van der Waals surface area contributed by atoms with Gasteiger partial charge in [0.2, 0.25) is 0 Å². The van der Waals surface area contributed by atoms with Crippen LogP contribution in [0.1, 0.15) is 16.5 Å². The van der Waals surface area contributed by atoms with E-state index in [-0.39, 0.29) is 0 Å². The van der Waals surface area contributed by atoms with Gasteiger partial charge in [-0.2, -0.15) is 0 Å². The van der Waals surface area contributed by atoms with Gasteiger partial charge in [0.25, 0.3) is 5.91 Å². The molecule has 0 aliphatic rings. The number of nitrogens with one attached hydrogen (secondary N) is 1. The molecule has 23 heavy (non-hydrogen) atoms. The lowest BCUT2D eigenvalue weighted by atomic mass is 10.2. The Balaban J connectivity index is 2.23. The van der Waals surface area contributed by atoms with Gasteiger partial charge in [-0.3, -0.25) is 4.79 Å². The van der Waals surface area contributed by atoms with Gasteiger partial charge >= 0.3 is 6.03 Å². The van der Waals surface area contributed by atoms with Crippen molar-refractivity contribution in [2.45, 2.75) is 6.04 Å². The number of carbonyl (C=O) groups excluding carboxylic acids is 3. The SMILES string of the molecule is NC(=O)NN(C(=O)C=Cc1ccccc1)C(C=O)c1cccs1. The monoisotopic (exact) mass is 329 g/mol. The summed E-state index contributed by atoms with van der Waals surface area (Å²) in [5.41, 5.74) is 8.12. The number of carbonyl (C=O) groups is 3. The predicted octanol–water partition coefficient (Wildman–Crippen LogP) is 2.11. The largest absolute Gasteiger partial charge is 0.350 e. The Kier molecular flexibility index (Phi) is 5.65. The molecule has 1 atom stereocenters. The second-order valence-electron chi connectivity index (χ2n) is 4.52. The molecular weight excluding hydrogens is 314 g/mol. The van der Waals surface area contributed by atoms with Crippen molar-refractivity contribution < 1.29 is 14.4 Å². The average molecular weight is 329 g/mol. The third kappa shape index (κ3) is 4.52. The minimum Gasteiger partial charge on any atom is -0.350 e. The first-order valence-corrected chi connectivity index (χ1v) is 7.61. The fourth-order valence-corrected chi connectivity index (χ4v) is 2.68. The lowest BCUT2D eigenvalue weighted by Crippen LogP contribution is -2.50. The number of hydrogen-bond donors (Lipinski definition) is 2. The molecule has 0 spiro atoms. The third-order valence-electron chi connectivity index (χ3n) is 2.93. The van der Waals surface area contributed by atoms with Gasteiger partial charge < -0.3 is 10.5 Å². The van der Waals surface area contributed by atoms with Gasteiger partial charge in [0.1, 0.15) is 12.3 Å². The Morgan fingerprint density at radius 3 is 2.48 bits per heavy atom. The van der Waals surface area contributed by atoms with Crippen molar-refractivity contribution >= 4 is 35.6 Å². The van der Waals surface area contributed by atoms with Gasteiger partial charge in [0.05, 0.1) is 0 Å². The minimum absolute atomic E-state index is 0.557. The number of hydrogen-bond acceptors (Lipinski definition) is 4. The van der Waals surface area contributed by atoms with E-state index < -0.39 is 18.0 Å². The van der Waals surface area contributed by atoms with Crippen molar-refractivity contribution in [2.24, 2.45) is 5.73 Å². The van der Waals surface area contributed by atoms with E-state index in [2.05, 4.69) is 5.43 Å². The van der Waals surface area contributed by atoms with Gasteiger partial charge in [-0.05, 0) is 23.1 Å². The van der Waals surface area contributed by atoms with Crippen LogP contribution in [0.15, 0.2) is 53.9 Å². The van der Waals surface area contributed by atoms with E-state index in [0.717, 1.165) is 10.6 Å². The maximum atomic E-state index is 12.4. The lowest BCUT2D eigenvalue weighted by Gasteiger charge is -2.25. The summed E-state index contributed by atoms with van der Waals surface area (Å²) < 4.78 is 0. The number of primary amides is 1. The Labute approximate surface area is 137 Å². The molecule has 1 unspecified atom stereocenters. The highest BCUT2D eigenvalue weighted by atomic mass is 32.1. The van der Waals surface area contributed by atoms with E-state index in [4.69, 9.17) is 5.73 Å². The summed E-state index contributed by atoms with van der Waals surface area (Å²) in [7, 11) is 0. The number of amides is 3. The van der Waals surface area contributed by atoms with E-state index in [1.165, 1.54) is 17.4 Å². The maximum Gasteiger partial charge on any atom is 0.331 e. The van der Waals surface area contributed by atoms with Crippen molar-refractivity contribution in [3.8, 4) is 0 Å². The van der Waals surface area contributed by atoms with E-state index in [1.807, 2.05) is 30.3 Å². The normalized spacial score (nSPS) is 11.8. The molecule has 7 heteroatoms. The standard InChI is InChI=1S/C16H15N3O3S/c17-16(22)18-19(13(11-20)14-7-4-10-23-14)15(21)9-8-12-5-2-1-3-6-12/h1-11,13H,(H3,17,18,22). The van der Waals surface area contributed by atoms with Crippen molar-refractivity contribution in [2.75, 3.05) is 0 Å². The zero-order valence-corrected chi connectivity index (χ0v) is 12.9. The van der Waals surface area contributed by atoms with E-state index in [0.29, 0.717) is 11.2 Å². The first-order chi connectivity index (χ1) is 11.1. The molecule has 0 radical (unpaired) electrons. The van der Waals surface area contributed by atoms with Crippen LogP contribution in [-0.2, 0) is 9.59 Å². The lowest BCUT2D eigenvalue weighted by molar-refractivity contribution is -0.134. The Morgan fingerprint density at radius 2 is 1.91 bits per heavy atom. The van der Waals surface area contributed by atoms with Crippen LogP contribution in [0.3, 0.4) is 0 Å². The Bertz CT molecular complexity index is 699. The highest BCUT2D eigenvalue weighted by Gasteiger charge is 2.25. The van der Waals surface area contributed by atoms with Crippen LogP contribution in [0.2, 0.25) is 0 Å². The molecule has 0 aliphatic heterocycles. The molecular formula is C16H15N3O3S. The first-order valence-electron chi connectivity index (χ1n) is 6.73. The number of aldehydes is 1. The number of nitrogens with two attached hydrogens (primary N) is 1. The summed E-state index contributed by atoms with van der Waals surface area (Å²) in [4.78, 5) is 35.5. The van der Waals surface area contributed by atoms with Crippen LogP contribution < -0.4 is 11.2 Å². The van der Waals surface area contributed by atoms with Gasteiger partial charge in [0.15, 0.2) is 0 Å². The molecule has 3 amide bonds. The van der Waals surface area contributed by atoms with Crippen LogP contribution in [0.5, 0.6) is 0 Å². The molecule has 1 aromatic carbocycles. The number of benzene rings is 1. The Hall–Kier alpha value is -2.93. The summed E-state index contributed by atoms with van der Waals surface area (Å²) in [6, 6.07) is 10.8. The van der Waals surface area contributed by atoms with Gasteiger partial charge in [-0.1, -0.05) is 36.4 Å². The molecule has 0 aliphatic carbocycles. The van der Waals surface area contributed by atoms with E-state index in [1.54, 1.807) is 23.6 Å². The van der Waals surface area contributed by atoms with Crippen LogP contribution in [0.25, 0.3) is 6.08 Å². The minimum atomic E-state index is -0.935. The first kappa shape index (κ1) is 16.4. The molecule has 6 nitrogen and oxygen atoms in total. The molecule has 118 valence electrons. The second-order valence-corrected chi connectivity index (χ2v) is 5.50. The molecule has 2 aromatic rings. The number of thiophene rings is 1. The predicted molar refractivity (Wildman–Crippen MR) is 88.2 cm³/mol. The number of urea groups is 1. The zero-order valence-electron chi connectivity index (χ0n) is 12.1. The second kappa shape index (κ2) is 7.90.